The van der Waals surface area contributed by atoms with Crippen molar-refractivity contribution in [3.05, 3.63) is 57.5 Å². The lowest BCUT2D eigenvalue weighted by molar-refractivity contribution is -0.119. The summed E-state index contributed by atoms with van der Waals surface area (Å²) >= 11 is 9.25. The lowest BCUT2D eigenvalue weighted by Crippen LogP contribution is -2.23. The van der Waals surface area contributed by atoms with Crippen LogP contribution in [0.4, 0.5) is 5.69 Å². The molecule has 1 amide bonds. The summed E-state index contributed by atoms with van der Waals surface area (Å²) in [6.07, 6.45) is 0. The Bertz CT molecular complexity index is 979. The van der Waals surface area contributed by atoms with Crippen LogP contribution in [0, 0.1) is 0 Å². The third kappa shape index (κ3) is 5.52. The lowest BCUT2D eigenvalue weighted by atomic mass is 10.2. The van der Waals surface area contributed by atoms with E-state index in [1.54, 1.807) is 24.3 Å². The van der Waals surface area contributed by atoms with Crippen LogP contribution in [0.3, 0.4) is 0 Å². The molecule has 0 spiro atoms. The molecular formula is C17H16BrClN2O5S. The molecule has 0 saturated carbocycles. The first-order valence-electron chi connectivity index (χ1n) is 7.56. The normalized spacial score (nSPS) is 11.3. The van der Waals surface area contributed by atoms with Crippen molar-refractivity contribution < 1.29 is 22.7 Å². The first-order valence-corrected chi connectivity index (χ1v) is 10.2. The number of nitrogens with zero attached hydrogens (tertiary/aromatic N) is 1. The monoisotopic (exact) mass is 474 g/mol. The second-order valence-electron chi connectivity index (χ2n) is 5.56. The van der Waals surface area contributed by atoms with E-state index >= 15 is 0 Å². The molecule has 0 unspecified atom stereocenters. The highest BCUT2D eigenvalue weighted by molar-refractivity contribution is 9.10. The zero-order valence-corrected chi connectivity index (χ0v) is 17.6. The Morgan fingerprint density at radius 2 is 1.89 bits per heavy atom. The first-order chi connectivity index (χ1) is 12.6. The molecule has 0 aliphatic rings. The standard InChI is InChI=1S/C17H16BrClN2O5S/c1-21(2)27(24,25)13-6-7-15(19)14(9-13)17(23)26-10-16(22)20-12-5-3-4-11(18)8-12/h3-9H,10H2,1-2H3,(H,20,22). The Morgan fingerprint density at radius 3 is 2.52 bits per heavy atom. The van der Waals surface area contributed by atoms with E-state index in [0.29, 0.717) is 5.69 Å². The number of esters is 1. The van der Waals surface area contributed by atoms with Crippen molar-refractivity contribution in [2.75, 3.05) is 26.0 Å². The number of nitrogens with one attached hydrogen (secondary N) is 1. The molecule has 10 heteroatoms. The van der Waals surface area contributed by atoms with E-state index in [0.717, 1.165) is 14.8 Å². The number of rotatable bonds is 6. The van der Waals surface area contributed by atoms with Crippen molar-refractivity contribution >= 4 is 55.1 Å². The third-order valence-electron chi connectivity index (χ3n) is 3.38. The summed E-state index contributed by atoms with van der Waals surface area (Å²) in [5, 5.41) is 2.59. The van der Waals surface area contributed by atoms with Gasteiger partial charge in [-0.15, -0.1) is 0 Å². The molecule has 144 valence electrons. The summed E-state index contributed by atoms with van der Waals surface area (Å²) in [4.78, 5) is 24.0. The number of carbonyl (C=O) groups excluding carboxylic acids is 2. The average molecular weight is 476 g/mol. The molecule has 0 heterocycles. The number of hydrogen-bond donors (Lipinski definition) is 1. The summed E-state index contributed by atoms with van der Waals surface area (Å²) in [7, 11) is -1.00. The second-order valence-corrected chi connectivity index (χ2v) is 9.04. The molecule has 0 aromatic heterocycles. The van der Waals surface area contributed by atoms with Crippen molar-refractivity contribution in [3.8, 4) is 0 Å². The van der Waals surface area contributed by atoms with Crippen LogP contribution >= 0.6 is 27.5 Å². The number of ether oxygens (including phenoxy) is 1. The number of sulfonamides is 1. The van der Waals surface area contributed by atoms with Crippen LogP contribution in [0.1, 0.15) is 10.4 Å². The highest BCUT2D eigenvalue weighted by atomic mass is 79.9. The Hall–Kier alpha value is -1.94. The topological polar surface area (TPSA) is 92.8 Å². The van der Waals surface area contributed by atoms with Gasteiger partial charge in [-0.3, -0.25) is 4.79 Å². The van der Waals surface area contributed by atoms with Gasteiger partial charge in [0.25, 0.3) is 5.91 Å². The largest absolute Gasteiger partial charge is 0.452 e. The van der Waals surface area contributed by atoms with Gasteiger partial charge in [-0.2, -0.15) is 0 Å². The van der Waals surface area contributed by atoms with Crippen LogP contribution in [0.15, 0.2) is 51.8 Å². The van der Waals surface area contributed by atoms with Crippen molar-refractivity contribution in [1.29, 1.82) is 0 Å². The SMILES string of the molecule is CN(C)S(=O)(=O)c1ccc(Cl)c(C(=O)OCC(=O)Nc2cccc(Br)c2)c1. The summed E-state index contributed by atoms with van der Waals surface area (Å²) in [5.41, 5.74) is 0.386. The van der Waals surface area contributed by atoms with Crippen LogP contribution in [0.5, 0.6) is 0 Å². The van der Waals surface area contributed by atoms with Crippen LogP contribution < -0.4 is 5.32 Å². The number of amides is 1. The second kappa shape index (κ2) is 8.83. The summed E-state index contributed by atoms with van der Waals surface area (Å²) in [5.74, 6) is -1.45. The quantitative estimate of drug-likeness (QED) is 0.648. The van der Waals surface area contributed by atoms with Gasteiger partial charge in [0.2, 0.25) is 10.0 Å². The average Bonchev–Trinajstić information content (AvgIpc) is 2.59. The molecule has 0 aliphatic carbocycles. The van der Waals surface area contributed by atoms with E-state index in [1.165, 1.54) is 26.2 Å². The number of hydrogen-bond acceptors (Lipinski definition) is 5. The Morgan fingerprint density at radius 1 is 1.19 bits per heavy atom. The van der Waals surface area contributed by atoms with E-state index < -0.39 is 28.5 Å². The molecule has 0 saturated heterocycles. The van der Waals surface area contributed by atoms with Crippen molar-refractivity contribution in [1.82, 2.24) is 4.31 Å². The maximum atomic E-state index is 12.2. The van der Waals surface area contributed by atoms with E-state index in [2.05, 4.69) is 21.2 Å². The molecule has 0 radical (unpaired) electrons. The predicted octanol–water partition coefficient (Wildman–Crippen LogP) is 3.15. The van der Waals surface area contributed by atoms with Gasteiger partial charge in [0.15, 0.2) is 6.61 Å². The van der Waals surface area contributed by atoms with Crippen molar-refractivity contribution in [2.24, 2.45) is 0 Å². The fourth-order valence-corrected chi connectivity index (χ4v) is 3.53. The summed E-state index contributed by atoms with van der Waals surface area (Å²) in [6.45, 7) is -0.549. The van der Waals surface area contributed by atoms with Gasteiger partial charge in [-0.1, -0.05) is 33.6 Å². The molecule has 27 heavy (non-hydrogen) atoms. The zero-order chi connectivity index (χ0) is 20.2. The van der Waals surface area contributed by atoms with Crippen molar-refractivity contribution in [3.63, 3.8) is 0 Å². The molecular weight excluding hydrogens is 460 g/mol. The Balaban J connectivity index is 2.08. The van der Waals surface area contributed by atoms with E-state index in [-0.39, 0.29) is 15.5 Å². The molecule has 0 aliphatic heterocycles. The number of carbonyl (C=O) groups is 2. The molecule has 7 nitrogen and oxygen atoms in total. The fraction of sp³-hybridized carbons (Fsp3) is 0.176. The zero-order valence-electron chi connectivity index (χ0n) is 14.4. The van der Waals surface area contributed by atoms with E-state index in [1.807, 2.05) is 0 Å². The number of benzene rings is 2. The first kappa shape index (κ1) is 21.4. The van der Waals surface area contributed by atoms with Gasteiger partial charge >= 0.3 is 5.97 Å². The third-order valence-corrected chi connectivity index (χ3v) is 6.01. The van der Waals surface area contributed by atoms with Crippen molar-refractivity contribution in [2.45, 2.75) is 4.90 Å². The smallest absolute Gasteiger partial charge is 0.340 e. The van der Waals surface area contributed by atoms with Crippen LogP contribution in [0.25, 0.3) is 0 Å². The molecule has 2 aromatic rings. The predicted molar refractivity (Wildman–Crippen MR) is 105 cm³/mol. The number of halogens is 2. The highest BCUT2D eigenvalue weighted by Crippen LogP contribution is 2.23. The molecule has 0 fully saturated rings. The van der Waals surface area contributed by atoms with Crippen LogP contribution in [0.2, 0.25) is 5.02 Å². The molecule has 0 atom stereocenters. The van der Waals surface area contributed by atoms with E-state index in [4.69, 9.17) is 16.3 Å². The Labute approximate surface area is 170 Å². The molecule has 0 bridgehead atoms. The highest BCUT2D eigenvalue weighted by Gasteiger charge is 2.22. The maximum absolute atomic E-state index is 12.2. The van der Waals surface area contributed by atoms with Gasteiger partial charge in [-0.05, 0) is 36.4 Å². The lowest BCUT2D eigenvalue weighted by Gasteiger charge is -2.13. The molecule has 1 N–H and O–H groups in total. The van der Waals surface area contributed by atoms with Gasteiger partial charge in [0.1, 0.15) is 0 Å². The van der Waals surface area contributed by atoms with Gasteiger partial charge < -0.3 is 10.1 Å². The minimum atomic E-state index is -3.74. The molecule has 2 rings (SSSR count). The van der Waals surface area contributed by atoms with Crippen LogP contribution in [-0.4, -0.2) is 45.3 Å². The van der Waals surface area contributed by atoms with Gasteiger partial charge in [0, 0.05) is 24.3 Å². The molecule has 2 aromatic carbocycles. The maximum Gasteiger partial charge on any atom is 0.340 e. The van der Waals surface area contributed by atoms with E-state index in [9.17, 15) is 18.0 Å². The summed E-state index contributed by atoms with van der Waals surface area (Å²) in [6, 6.07) is 10.6. The van der Waals surface area contributed by atoms with Gasteiger partial charge in [0.05, 0.1) is 15.5 Å². The Kier molecular flexibility index (Phi) is 6.99. The minimum absolute atomic E-state index is 0.0186. The minimum Gasteiger partial charge on any atom is -0.452 e. The summed E-state index contributed by atoms with van der Waals surface area (Å²) < 4.78 is 31.1. The fourth-order valence-electron chi connectivity index (χ4n) is 2.00. The van der Waals surface area contributed by atoms with Gasteiger partial charge in [-0.25, -0.2) is 17.5 Å². The van der Waals surface area contributed by atoms with Crippen LogP contribution in [-0.2, 0) is 19.6 Å². The number of anilines is 1.